The van der Waals surface area contributed by atoms with Crippen LogP contribution in [0.15, 0.2) is 0 Å². The third-order valence-corrected chi connectivity index (χ3v) is 1.25. The predicted octanol–water partition coefficient (Wildman–Crippen LogP) is 0.0832. The largest absolute Gasteiger partial charge is 0.480 e. The van der Waals surface area contributed by atoms with E-state index >= 15 is 0 Å². The van der Waals surface area contributed by atoms with Gasteiger partial charge in [-0.3, -0.25) is 4.79 Å². The Morgan fingerprint density at radius 2 is 1.71 bits per heavy atom. The van der Waals surface area contributed by atoms with Crippen LogP contribution in [0, 0.1) is 0 Å². The van der Waals surface area contributed by atoms with Gasteiger partial charge in [0.15, 0.2) is 19.3 Å². The highest BCUT2D eigenvalue weighted by Crippen LogP contribution is 2.07. The molecule has 0 fully saturated rings. The molecule has 0 radical (unpaired) electrons. The van der Waals surface area contributed by atoms with E-state index < -0.39 is 5.97 Å². The zero-order valence-corrected chi connectivity index (χ0v) is 7.00. The Morgan fingerprint density at radius 1 is 1.57 bits per heavy atom. The minimum absolute atomic E-state index is 0. The first-order valence-corrected chi connectivity index (χ1v) is 3.64. The summed E-state index contributed by atoms with van der Waals surface area (Å²) < 4.78 is -0.291. The molecule has 0 amide bonds. The normalized spacial score (nSPS) is 7.86. The van der Waals surface area contributed by atoms with Crippen molar-refractivity contribution in [1.82, 2.24) is 0 Å². The molecule has 42 valence electrons. The van der Waals surface area contributed by atoms with Crippen LogP contribution in [-0.2, 0) is 4.79 Å². The lowest BCUT2D eigenvalue weighted by Crippen LogP contribution is -2.02. The van der Waals surface area contributed by atoms with Crippen molar-refractivity contribution in [3.63, 3.8) is 0 Å². The molecule has 0 saturated carbocycles. The Balaban J connectivity index is 0. The van der Waals surface area contributed by atoms with Crippen molar-refractivity contribution in [3.8, 4) is 0 Å². The molecule has 0 bridgehead atoms. The SMILES string of the molecule is O=C(O)C(I)I.[AlH3]. The highest BCUT2D eigenvalue weighted by molar-refractivity contribution is 14.2. The number of halogens is 2. The average Bonchev–Trinajstić information content (AvgIpc) is 1.36. The highest BCUT2D eigenvalue weighted by atomic mass is 127. The Bertz CT molecular complexity index is 64.7. The summed E-state index contributed by atoms with van der Waals surface area (Å²) >= 11 is 3.64. The van der Waals surface area contributed by atoms with Gasteiger partial charge < -0.3 is 5.11 Å². The van der Waals surface area contributed by atoms with Gasteiger partial charge in [-0.05, 0) is 0 Å². The van der Waals surface area contributed by atoms with Gasteiger partial charge in [-0.15, -0.1) is 0 Å². The first-order chi connectivity index (χ1) is 2.64. The molecule has 0 aliphatic rings. The fraction of sp³-hybridized carbons (Fsp3) is 0.500. The van der Waals surface area contributed by atoms with E-state index in [1.54, 1.807) is 0 Å². The Kier molecular flexibility index (Phi) is 9.02. The van der Waals surface area contributed by atoms with E-state index in [1.807, 2.05) is 45.2 Å². The van der Waals surface area contributed by atoms with Gasteiger partial charge >= 0.3 is 5.97 Å². The molecule has 0 rings (SSSR count). The molecule has 0 atom stereocenters. The Labute approximate surface area is 79.5 Å². The number of hydrogen-bond donors (Lipinski definition) is 1. The zero-order valence-electron chi connectivity index (χ0n) is 2.69. The van der Waals surface area contributed by atoms with Crippen LogP contribution in [0.5, 0.6) is 0 Å². The highest BCUT2D eigenvalue weighted by Gasteiger charge is 2.04. The molecule has 0 spiro atoms. The summed E-state index contributed by atoms with van der Waals surface area (Å²) in [6.45, 7) is 0. The maximum absolute atomic E-state index is 9.68. The summed E-state index contributed by atoms with van der Waals surface area (Å²) in [7, 11) is 0. The quantitative estimate of drug-likeness (QED) is 0.417. The van der Waals surface area contributed by atoms with Crippen LogP contribution in [0.3, 0.4) is 0 Å². The second kappa shape index (κ2) is 5.60. The molecule has 2 nitrogen and oxygen atoms in total. The van der Waals surface area contributed by atoms with E-state index in [0.29, 0.717) is 0 Å². The molecule has 0 aromatic carbocycles. The lowest BCUT2D eigenvalue weighted by molar-refractivity contribution is -0.134. The molecular weight excluding hydrogens is 337 g/mol. The zero-order chi connectivity index (χ0) is 5.15. The van der Waals surface area contributed by atoms with Gasteiger partial charge in [0.05, 0.1) is 0 Å². The molecule has 0 aromatic heterocycles. The number of rotatable bonds is 1. The minimum atomic E-state index is -0.767. The molecular formula is C2H5AlI2O2. The number of carboxylic acid groups (broad SMARTS) is 1. The smallest absolute Gasteiger partial charge is 0.326 e. The Morgan fingerprint density at radius 3 is 1.71 bits per heavy atom. The van der Waals surface area contributed by atoms with Crippen molar-refractivity contribution in [2.24, 2.45) is 0 Å². The summed E-state index contributed by atoms with van der Waals surface area (Å²) in [5.41, 5.74) is 0. The molecule has 7 heavy (non-hydrogen) atoms. The average molecular weight is 342 g/mol. The fourth-order valence-corrected chi connectivity index (χ4v) is 0. The van der Waals surface area contributed by atoms with E-state index in [1.165, 1.54) is 0 Å². The summed E-state index contributed by atoms with van der Waals surface area (Å²) in [4.78, 5) is 9.68. The van der Waals surface area contributed by atoms with Crippen LogP contribution in [0.25, 0.3) is 0 Å². The van der Waals surface area contributed by atoms with Gasteiger partial charge in [0.1, 0.15) is 0 Å². The van der Waals surface area contributed by atoms with Crippen LogP contribution in [0.4, 0.5) is 0 Å². The van der Waals surface area contributed by atoms with Gasteiger partial charge in [0.25, 0.3) is 0 Å². The predicted molar refractivity (Wildman–Crippen MR) is 49.4 cm³/mol. The van der Waals surface area contributed by atoms with Crippen molar-refractivity contribution in [2.45, 2.75) is 1.93 Å². The summed E-state index contributed by atoms with van der Waals surface area (Å²) in [5, 5.41) is 7.98. The van der Waals surface area contributed by atoms with Gasteiger partial charge in [0.2, 0.25) is 0 Å². The Hall–Kier alpha value is 1.46. The van der Waals surface area contributed by atoms with Gasteiger partial charge in [0, 0.05) is 0 Å². The first-order valence-electron chi connectivity index (χ1n) is 1.15. The maximum atomic E-state index is 9.68. The summed E-state index contributed by atoms with van der Waals surface area (Å²) in [6.07, 6.45) is 0. The molecule has 0 unspecified atom stereocenters. The maximum Gasteiger partial charge on any atom is 0.326 e. The van der Waals surface area contributed by atoms with E-state index in [9.17, 15) is 4.79 Å². The van der Waals surface area contributed by atoms with Crippen LogP contribution in [0.1, 0.15) is 0 Å². The van der Waals surface area contributed by atoms with Crippen molar-refractivity contribution in [1.29, 1.82) is 0 Å². The van der Waals surface area contributed by atoms with Gasteiger partial charge in [-0.25, -0.2) is 0 Å². The second-order valence-corrected chi connectivity index (χ2v) is 5.51. The standard InChI is InChI=1S/C2H2I2O2.Al.3H/c3-1(4)2(5)6;;;;/h1H,(H,5,6);;;;. The molecule has 0 aromatic rings. The summed E-state index contributed by atoms with van der Waals surface area (Å²) in [6, 6.07) is 0. The number of aliphatic carboxylic acids is 1. The lowest BCUT2D eigenvalue weighted by Gasteiger charge is -1.85. The van der Waals surface area contributed by atoms with E-state index in [4.69, 9.17) is 5.11 Å². The molecule has 0 heterocycles. The van der Waals surface area contributed by atoms with Crippen LogP contribution >= 0.6 is 45.2 Å². The van der Waals surface area contributed by atoms with E-state index in [-0.39, 0.29) is 19.3 Å². The van der Waals surface area contributed by atoms with E-state index in [2.05, 4.69) is 0 Å². The third kappa shape index (κ3) is 7.46. The van der Waals surface area contributed by atoms with Gasteiger partial charge in [-0.2, -0.15) is 0 Å². The number of hydrogen-bond acceptors (Lipinski definition) is 1. The molecule has 1 N–H and O–H groups in total. The number of alkyl halides is 2. The monoisotopic (exact) mass is 342 g/mol. The third-order valence-electron chi connectivity index (χ3n) is 0.187. The van der Waals surface area contributed by atoms with Crippen molar-refractivity contribution < 1.29 is 9.90 Å². The topological polar surface area (TPSA) is 37.3 Å². The fourth-order valence-electron chi connectivity index (χ4n) is 0. The minimum Gasteiger partial charge on any atom is -0.480 e. The van der Waals surface area contributed by atoms with Crippen molar-refractivity contribution in [3.05, 3.63) is 0 Å². The lowest BCUT2D eigenvalue weighted by atomic mass is 10.8. The van der Waals surface area contributed by atoms with Gasteiger partial charge in [-0.1, -0.05) is 45.2 Å². The number of carboxylic acids is 1. The molecule has 5 heteroatoms. The summed E-state index contributed by atoms with van der Waals surface area (Å²) in [5.74, 6) is -0.767. The van der Waals surface area contributed by atoms with Crippen LogP contribution < -0.4 is 0 Å². The number of carbonyl (C=O) groups is 1. The molecule has 0 saturated heterocycles. The van der Waals surface area contributed by atoms with Crippen LogP contribution in [0.2, 0.25) is 0 Å². The second-order valence-electron chi connectivity index (χ2n) is 0.639. The van der Waals surface area contributed by atoms with Crippen molar-refractivity contribution >= 4 is 68.5 Å². The van der Waals surface area contributed by atoms with E-state index in [0.717, 1.165) is 0 Å². The van der Waals surface area contributed by atoms with Crippen molar-refractivity contribution in [2.75, 3.05) is 0 Å². The molecule has 0 aliphatic heterocycles. The molecule has 0 aliphatic carbocycles. The first kappa shape index (κ1) is 11.3. The van der Waals surface area contributed by atoms with Crippen LogP contribution in [-0.4, -0.2) is 30.4 Å².